The molecule has 0 radical (unpaired) electrons. The summed E-state index contributed by atoms with van der Waals surface area (Å²) in [5.41, 5.74) is 3.40. The number of carbonyl (C=O) groups is 1. The largest absolute Gasteiger partial charge is 0.506 e. The second-order valence-electron chi connectivity index (χ2n) is 14.4. The van der Waals surface area contributed by atoms with Crippen LogP contribution in [0.3, 0.4) is 0 Å². The molecule has 242 valence electrons. The summed E-state index contributed by atoms with van der Waals surface area (Å²) in [5, 5.41) is 35.0. The number of allylic oxidation sites excluding steroid dienone is 5. The van der Waals surface area contributed by atoms with Crippen molar-refractivity contribution in [3.8, 4) is 0 Å². The van der Waals surface area contributed by atoms with Crippen molar-refractivity contribution in [3.63, 3.8) is 0 Å². The lowest BCUT2D eigenvalue weighted by Gasteiger charge is -2.29. The third-order valence-electron chi connectivity index (χ3n) is 9.57. The van der Waals surface area contributed by atoms with Crippen molar-refractivity contribution in [2.75, 3.05) is 18.0 Å². The van der Waals surface area contributed by atoms with Crippen LogP contribution in [0, 0.1) is 32.1 Å². The SMILES string of the molecule is CC(C)CCN1/C(=C\C2=C(O)C(=C\C3=[N+](CCC(C)C)c4ccc([N+](=O)[O-])cc4C3(C)C)/C2=O)C(C)(C)c2c1cccc2[N+](=O)[O-]. The molecular weight excluding hydrogens is 584 g/mol. The van der Waals surface area contributed by atoms with Gasteiger partial charge in [-0.3, -0.25) is 25.0 Å². The molecule has 0 fully saturated rings. The molecule has 0 spiro atoms. The van der Waals surface area contributed by atoms with Gasteiger partial charge in [-0.15, -0.1) is 0 Å². The maximum absolute atomic E-state index is 13.8. The molecule has 0 saturated carbocycles. The number of anilines is 1. The molecule has 2 heterocycles. The van der Waals surface area contributed by atoms with Gasteiger partial charge >= 0.3 is 0 Å². The Balaban J connectivity index is 1.61. The lowest BCUT2D eigenvalue weighted by Crippen LogP contribution is -2.32. The average molecular weight is 628 g/mol. The number of Topliss-reactive ketones (excluding diaryl/α,β-unsaturated/α-hetero) is 1. The number of nitro groups is 2. The van der Waals surface area contributed by atoms with Crippen LogP contribution in [0.2, 0.25) is 0 Å². The summed E-state index contributed by atoms with van der Waals surface area (Å²) in [6, 6.07) is 9.93. The van der Waals surface area contributed by atoms with Gasteiger partial charge in [-0.1, -0.05) is 33.8 Å². The number of non-ortho nitro benzene ring substituents is 1. The first kappa shape index (κ1) is 32.8. The van der Waals surface area contributed by atoms with Crippen molar-refractivity contribution in [3.05, 3.63) is 103 Å². The van der Waals surface area contributed by atoms with E-state index in [4.69, 9.17) is 0 Å². The molecule has 3 aliphatic rings. The number of aliphatic hydroxyl groups excluding tert-OH is 1. The van der Waals surface area contributed by atoms with Crippen molar-refractivity contribution in [1.29, 1.82) is 0 Å². The van der Waals surface area contributed by atoms with Gasteiger partial charge in [0, 0.05) is 60.0 Å². The summed E-state index contributed by atoms with van der Waals surface area (Å²) in [6.07, 6.45) is 5.11. The van der Waals surface area contributed by atoms with Crippen LogP contribution in [0.1, 0.15) is 79.4 Å². The Morgan fingerprint density at radius 1 is 0.935 bits per heavy atom. The van der Waals surface area contributed by atoms with E-state index in [1.54, 1.807) is 30.4 Å². The molecule has 0 amide bonds. The van der Waals surface area contributed by atoms with Gasteiger partial charge in [-0.25, -0.2) is 0 Å². The predicted octanol–water partition coefficient (Wildman–Crippen LogP) is 7.97. The number of fused-ring (bicyclic) bond motifs is 2. The summed E-state index contributed by atoms with van der Waals surface area (Å²) in [6.45, 7) is 17.5. The molecule has 2 aliphatic heterocycles. The minimum atomic E-state index is -0.796. The zero-order valence-corrected chi connectivity index (χ0v) is 27.9. The van der Waals surface area contributed by atoms with Gasteiger partial charge in [-0.05, 0) is 58.1 Å². The molecule has 2 aromatic carbocycles. The van der Waals surface area contributed by atoms with Crippen LogP contribution < -0.4 is 4.90 Å². The second-order valence-corrected chi connectivity index (χ2v) is 14.4. The van der Waals surface area contributed by atoms with Gasteiger partial charge < -0.3 is 10.0 Å². The molecule has 0 aromatic heterocycles. The fraction of sp³-hybridized carbons (Fsp3) is 0.444. The zero-order valence-electron chi connectivity index (χ0n) is 27.9. The molecule has 2 aromatic rings. The second kappa shape index (κ2) is 11.6. The topological polar surface area (TPSA) is 130 Å². The minimum absolute atomic E-state index is 0.00310. The Morgan fingerprint density at radius 2 is 1.61 bits per heavy atom. The highest BCUT2D eigenvalue weighted by Crippen LogP contribution is 2.52. The number of nitro benzene ring substituents is 2. The van der Waals surface area contributed by atoms with Gasteiger partial charge in [0.15, 0.2) is 5.71 Å². The Bertz CT molecular complexity index is 1790. The number of ketones is 1. The number of carbonyl (C=O) groups excluding carboxylic acids is 1. The summed E-state index contributed by atoms with van der Waals surface area (Å²) >= 11 is 0. The van der Waals surface area contributed by atoms with Crippen molar-refractivity contribution < 1.29 is 24.3 Å². The van der Waals surface area contributed by atoms with E-state index in [2.05, 4.69) is 32.3 Å². The molecule has 10 nitrogen and oxygen atoms in total. The summed E-state index contributed by atoms with van der Waals surface area (Å²) in [7, 11) is 0. The van der Waals surface area contributed by atoms with Crippen LogP contribution in [-0.4, -0.2) is 44.1 Å². The van der Waals surface area contributed by atoms with E-state index in [0.717, 1.165) is 41.2 Å². The normalized spacial score (nSPS) is 19.9. The van der Waals surface area contributed by atoms with Crippen molar-refractivity contribution in [2.45, 2.75) is 79.1 Å². The maximum atomic E-state index is 13.8. The highest BCUT2D eigenvalue weighted by atomic mass is 16.6. The first-order valence-corrected chi connectivity index (χ1v) is 15.9. The summed E-state index contributed by atoms with van der Waals surface area (Å²) in [4.78, 5) is 38.7. The fourth-order valence-corrected chi connectivity index (χ4v) is 6.88. The first-order chi connectivity index (χ1) is 21.5. The highest BCUT2D eigenvalue weighted by molar-refractivity contribution is 6.24. The van der Waals surface area contributed by atoms with Crippen molar-refractivity contribution >= 4 is 34.2 Å². The van der Waals surface area contributed by atoms with E-state index >= 15 is 0 Å². The first-order valence-electron chi connectivity index (χ1n) is 15.9. The fourth-order valence-electron chi connectivity index (χ4n) is 6.88. The molecule has 1 N–H and O–H groups in total. The van der Waals surface area contributed by atoms with Crippen LogP contribution in [0.5, 0.6) is 0 Å². The van der Waals surface area contributed by atoms with Gasteiger partial charge in [0.05, 0.1) is 37.7 Å². The predicted molar refractivity (Wildman–Crippen MR) is 179 cm³/mol. The van der Waals surface area contributed by atoms with E-state index in [0.29, 0.717) is 30.5 Å². The summed E-state index contributed by atoms with van der Waals surface area (Å²) in [5.74, 6) is 0.348. The number of rotatable bonds is 10. The highest BCUT2D eigenvalue weighted by Gasteiger charge is 2.49. The van der Waals surface area contributed by atoms with Crippen LogP contribution in [0.4, 0.5) is 22.7 Å². The molecule has 0 atom stereocenters. The number of benzene rings is 2. The number of nitrogens with zero attached hydrogens (tertiary/aromatic N) is 4. The van der Waals surface area contributed by atoms with E-state index in [1.807, 2.05) is 38.7 Å². The van der Waals surface area contributed by atoms with Crippen molar-refractivity contribution in [1.82, 2.24) is 0 Å². The molecule has 0 saturated heterocycles. The number of hydrogen-bond donors (Lipinski definition) is 1. The van der Waals surface area contributed by atoms with Gasteiger partial charge in [-0.2, -0.15) is 4.58 Å². The molecule has 0 unspecified atom stereocenters. The lowest BCUT2D eigenvalue weighted by molar-refractivity contribution is -0.439. The third-order valence-corrected chi connectivity index (χ3v) is 9.57. The maximum Gasteiger partial charge on any atom is 0.275 e. The van der Waals surface area contributed by atoms with Gasteiger partial charge in [0.1, 0.15) is 12.3 Å². The van der Waals surface area contributed by atoms with E-state index in [-0.39, 0.29) is 39.0 Å². The van der Waals surface area contributed by atoms with E-state index in [1.165, 1.54) is 12.1 Å². The van der Waals surface area contributed by atoms with Crippen molar-refractivity contribution in [2.24, 2.45) is 11.8 Å². The molecule has 10 heteroatoms. The number of aliphatic hydroxyl groups is 1. The Hall–Kier alpha value is -4.60. The van der Waals surface area contributed by atoms with Crippen LogP contribution in [0.15, 0.2) is 71.2 Å². The summed E-state index contributed by atoms with van der Waals surface area (Å²) < 4.78 is 2.10. The van der Waals surface area contributed by atoms with Crippen LogP contribution in [-0.2, 0) is 15.6 Å². The molecule has 0 bridgehead atoms. The smallest absolute Gasteiger partial charge is 0.275 e. The van der Waals surface area contributed by atoms with E-state index < -0.39 is 15.8 Å². The molecule has 1 aliphatic carbocycles. The van der Waals surface area contributed by atoms with Crippen LogP contribution >= 0.6 is 0 Å². The lowest BCUT2D eigenvalue weighted by atomic mass is 9.77. The Morgan fingerprint density at radius 3 is 2.20 bits per heavy atom. The van der Waals surface area contributed by atoms with Crippen LogP contribution in [0.25, 0.3) is 0 Å². The minimum Gasteiger partial charge on any atom is -0.506 e. The number of hydrogen-bond acceptors (Lipinski definition) is 7. The molecule has 46 heavy (non-hydrogen) atoms. The molecule has 5 rings (SSSR count). The average Bonchev–Trinajstić information content (AvgIpc) is 3.33. The monoisotopic (exact) mass is 627 g/mol. The third kappa shape index (κ3) is 5.33. The standard InChI is InChI=1S/C36H42N4O6/c1-21(2)14-16-37-27-13-12-23(39(43)44)18-26(27)35(5,6)30(37)19-24-33(41)25(34(24)42)20-31-36(7,8)32-28(38(31)17-15-22(3)4)10-9-11-29(32)40(45)46/h9-13,18-22H,14-17H2,1-8H3/p+1. The molecular formula is C36H43N4O6+. The van der Waals surface area contributed by atoms with Gasteiger partial charge in [0.25, 0.3) is 11.4 Å². The van der Waals surface area contributed by atoms with Gasteiger partial charge in [0.2, 0.25) is 11.5 Å². The Labute approximate surface area is 269 Å². The Kier molecular flexibility index (Phi) is 8.30. The van der Waals surface area contributed by atoms with E-state index in [9.17, 15) is 30.1 Å². The zero-order chi connectivity index (χ0) is 33.9. The quantitative estimate of drug-likeness (QED) is 0.122.